The fraction of sp³-hybridized carbons (Fsp3) is 0.231. The third-order valence-electron chi connectivity index (χ3n) is 5.86. The van der Waals surface area contributed by atoms with E-state index in [1.807, 2.05) is 30.3 Å². The maximum Gasteiger partial charge on any atom is 0.382 e. The van der Waals surface area contributed by atoms with Crippen LogP contribution in [0.3, 0.4) is 0 Å². The zero-order valence-electron chi connectivity index (χ0n) is 19.3. The van der Waals surface area contributed by atoms with E-state index in [0.717, 1.165) is 11.1 Å². The summed E-state index contributed by atoms with van der Waals surface area (Å²) in [5, 5.41) is 9.45. The topological polar surface area (TPSA) is 122 Å². The number of ketones is 1. The van der Waals surface area contributed by atoms with Crippen LogP contribution in [-0.2, 0) is 9.59 Å². The minimum atomic E-state index is -1.21. The summed E-state index contributed by atoms with van der Waals surface area (Å²) in [5.41, 5.74) is 3.07. The fourth-order valence-corrected chi connectivity index (χ4v) is 4.16. The van der Waals surface area contributed by atoms with E-state index in [1.54, 1.807) is 0 Å². The Balaban J connectivity index is 1.58. The number of carbonyl (C=O) groups excluding carboxylic acids is 2. The van der Waals surface area contributed by atoms with Gasteiger partial charge in [-0.05, 0) is 18.4 Å². The number of aromatic nitrogens is 2. The van der Waals surface area contributed by atoms with Crippen LogP contribution in [0.1, 0.15) is 28.8 Å². The SMILES string of the molecule is COc1ncc(OC)c2c(C(=O)C(=O)N3CCC(=C(C#CC(=O)O)c4ccccc4)CC3)c[nH]c12. The van der Waals surface area contributed by atoms with Crippen LogP contribution in [0, 0.1) is 11.8 Å². The van der Waals surface area contributed by atoms with E-state index in [9.17, 15) is 14.4 Å². The van der Waals surface area contributed by atoms with Crippen LogP contribution in [0.15, 0.2) is 48.3 Å². The third-order valence-corrected chi connectivity index (χ3v) is 5.86. The molecule has 0 radical (unpaired) electrons. The molecule has 1 fully saturated rings. The molecule has 9 nitrogen and oxygen atoms in total. The predicted molar refractivity (Wildman–Crippen MR) is 128 cm³/mol. The van der Waals surface area contributed by atoms with Gasteiger partial charge in [0.25, 0.3) is 11.7 Å². The van der Waals surface area contributed by atoms with Gasteiger partial charge in [0.15, 0.2) is 0 Å². The highest BCUT2D eigenvalue weighted by Crippen LogP contribution is 2.34. The van der Waals surface area contributed by atoms with Crippen LogP contribution >= 0.6 is 0 Å². The number of nitrogens with one attached hydrogen (secondary N) is 1. The van der Waals surface area contributed by atoms with E-state index in [-0.39, 0.29) is 11.4 Å². The molecule has 0 unspecified atom stereocenters. The molecule has 0 aliphatic carbocycles. The van der Waals surface area contributed by atoms with Gasteiger partial charge in [-0.2, -0.15) is 0 Å². The first-order valence-electron chi connectivity index (χ1n) is 10.9. The summed E-state index contributed by atoms with van der Waals surface area (Å²) in [7, 11) is 2.92. The summed E-state index contributed by atoms with van der Waals surface area (Å²) >= 11 is 0. The lowest BCUT2D eigenvalue weighted by molar-refractivity contribution is -0.130. The lowest BCUT2D eigenvalue weighted by Crippen LogP contribution is -2.40. The standard InChI is InChI=1S/C26H23N3O6/c1-34-20-15-28-25(35-2)23-22(20)19(14-27-23)24(32)26(33)29-12-10-17(11-13-29)18(8-9-21(30)31)16-6-4-3-5-7-16/h3-7,14-15,27H,10-13H2,1-2H3,(H,30,31). The minimum absolute atomic E-state index is 0.182. The number of aliphatic carboxylic acids is 1. The van der Waals surface area contributed by atoms with Gasteiger partial charge in [-0.1, -0.05) is 41.8 Å². The molecule has 1 aromatic carbocycles. The molecule has 3 aromatic rings. The number of rotatable bonds is 5. The molecule has 4 rings (SSSR count). The number of hydrogen-bond donors (Lipinski definition) is 2. The van der Waals surface area contributed by atoms with E-state index in [2.05, 4.69) is 21.8 Å². The molecular formula is C26H23N3O6. The molecule has 0 saturated carbocycles. The molecule has 1 aliphatic heterocycles. The number of allylic oxidation sites excluding steroid dienone is 1. The maximum absolute atomic E-state index is 13.2. The molecule has 9 heteroatoms. The highest BCUT2D eigenvalue weighted by molar-refractivity contribution is 6.45. The largest absolute Gasteiger partial charge is 0.494 e. The van der Waals surface area contributed by atoms with Crippen LogP contribution in [0.25, 0.3) is 16.5 Å². The molecule has 3 heterocycles. The van der Waals surface area contributed by atoms with Crippen LogP contribution in [0.5, 0.6) is 11.6 Å². The average Bonchev–Trinajstić information content (AvgIpc) is 3.34. The van der Waals surface area contributed by atoms with Crippen LogP contribution < -0.4 is 9.47 Å². The van der Waals surface area contributed by atoms with E-state index < -0.39 is 17.7 Å². The third kappa shape index (κ3) is 4.73. The highest BCUT2D eigenvalue weighted by atomic mass is 16.5. The molecule has 2 N–H and O–H groups in total. The summed E-state index contributed by atoms with van der Waals surface area (Å²) in [5.74, 6) is 3.10. The highest BCUT2D eigenvalue weighted by Gasteiger charge is 2.30. The Labute approximate surface area is 201 Å². The lowest BCUT2D eigenvalue weighted by atomic mass is 9.93. The van der Waals surface area contributed by atoms with Crippen LogP contribution in [0.2, 0.25) is 0 Å². The second-order valence-electron chi connectivity index (χ2n) is 7.81. The van der Waals surface area contributed by atoms with E-state index in [0.29, 0.717) is 48.2 Å². The van der Waals surface area contributed by atoms with Crippen molar-refractivity contribution in [3.05, 3.63) is 59.4 Å². The molecule has 0 spiro atoms. The zero-order valence-corrected chi connectivity index (χ0v) is 19.3. The van der Waals surface area contributed by atoms with Gasteiger partial charge in [-0.15, -0.1) is 0 Å². The van der Waals surface area contributed by atoms with Gasteiger partial charge >= 0.3 is 5.97 Å². The molecule has 35 heavy (non-hydrogen) atoms. The predicted octanol–water partition coefficient (Wildman–Crippen LogP) is 2.93. The molecule has 0 bridgehead atoms. The Hall–Kier alpha value is -4.58. The number of aromatic amines is 1. The number of hydrogen-bond acceptors (Lipinski definition) is 6. The minimum Gasteiger partial charge on any atom is -0.494 e. The van der Waals surface area contributed by atoms with Crippen molar-refractivity contribution in [2.75, 3.05) is 27.3 Å². The second-order valence-corrected chi connectivity index (χ2v) is 7.81. The average molecular weight is 473 g/mol. The Morgan fingerprint density at radius 3 is 2.40 bits per heavy atom. The quantitative estimate of drug-likeness (QED) is 0.332. The molecule has 178 valence electrons. The number of piperidine rings is 1. The van der Waals surface area contributed by atoms with Gasteiger partial charge in [0, 0.05) is 30.8 Å². The van der Waals surface area contributed by atoms with Gasteiger partial charge in [0.2, 0.25) is 5.88 Å². The normalized spacial score (nSPS) is 13.1. The number of amides is 1. The smallest absolute Gasteiger partial charge is 0.382 e. The number of likely N-dealkylation sites (tertiary alicyclic amines) is 1. The number of methoxy groups -OCH3 is 2. The Bertz CT molecular complexity index is 1380. The number of carboxylic acids is 1. The van der Waals surface area contributed by atoms with Crippen molar-refractivity contribution in [3.63, 3.8) is 0 Å². The van der Waals surface area contributed by atoms with E-state index >= 15 is 0 Å². The number of H-pyrrole nitrogens is 1. The monoisotopic (exact) mass is 473 g/mol. The van der Waals surface area contributed by atoms with Gasteiger partial charge in [-0.25, -0.2) is 9.78 Å². The Kier molecular flexibility index (Phi) is 6.83. The number of Topliss-reactive ketones (excluding diaryl/α,β-unsaturated/α-hetero) is 1. The van der Waals surface area contributed by atoms with Crippen molar-refractivity contribution in [2.45, 2.75) is 12.8 Å². The summed E-state index contributed by atoms with van der Waals surface area (Å²) in [4.78, 5) is 45.9. The van der Waals surface area contributed by atoms with Gasteiger partial charge in [0.1, 0.15) is 11.3 Å². The number of fused-ring (bicyclic) bond motifs is 1. The molecular weight excluding hydrogens is 450 g/mol. The van der Waals surface area contributed by atoms with Crippen LogP contribution in [0.4, 0.5) is 0 Å². The fourth-order valence-electron chi connectivity index (χ4n) is 4.16. The van der Waals surface area contributed by atoms with Gasteiger partial charge in [-0.3, -0.25) is 9.59 Å². The van der Waals surface area contributed by atoms with E-state index in [1.165, 1.54) is 31.5 Å². The number of ether oxygens (including phenoxy) is 2. The summed E-state index contributed by atoms with van der Waals surface area (Å²) in [6, 6.07) is 9.32. The first-order chi connectivity index (χ1) is 16.9. The van der Waals surface area contributed by atoms with Crippen molar-refractivity contribution in [2.24, 2.45) is 0 Å². The maximum atomic E-state index is 13.2. The summed E-state index contributed by atoms with van der Waals surface area (Å²) in [6.45, 7) is 0.630. The van der Waals surface area contributed by atoms with Crippen LogP contribution in [-0.4, -0.2) is 64.9 Å². The number of carbonyl (C=O) groups is 3. The van der Waals surface area contributed by atoms with Crippen molar-refractivity contribution in [1.29, 1.82) is 0 Å². The Morgan fingerprint density at radius 1 is 1.06 bits per heavy atom. The van der Waals surface area contributed by atoms with Gasteiger partial charge in [0.05, 0.1) is 31.4 Å². The second kappa shape index (κ2) is 10.1. The van der Waals surface area contributed by atoms with Crippen molar-refractivity contribution in [1.82, 2.24) is 14.9 Å². The molecule has 2 aromatic heterocycles. The summed E-state index contributed by atoms with van der Waals surface area (Å²) < 4.78 is 10.6. The van der Waals surface area contributed by atoms with E-state index in [4.69, 9.17) is 14.6 Å². The first-order valence-corrected chi connectivity index (χ1v) is 10.9. The van der Waals surface area contributed by atoms with Crippen molar-refractivity contribution >= 4 is 34.1 Å². The lowest BCUT2D eigenvalue weighted by Gasteiger charge is -2.28. The number of benzene rings is 1. The molecule has 1 saturated heterocycles. The number of pyridine rings is 1. The molecule has 0 atom stereocenters. The number of carboxylic acid groups (broad SMARTS) is 1. The zero-order chi connectivity index (χ0) is 24.9. The first kappa shape index (κ1) is 23.6. The molecule has 1 aliphatic rings. The van der Waals surface area contributed by atoms with Gasteiger partial charge < -0.3 is 24.5 Å². The Morgan fingerprint density at radius 2 is 1.77 bits per heavy atom. The summed E-state index contributed by atoms with van der Waals surface area (Å²) in [6.07, 6.45) is 3.86. The number of nitrogens with zero attached hydrogens (tertiary/aromatic N) is 2. The van der Waals surface area contributed by atoms with Crippen molar-refractivity contribution < 1.29 is 29.0 Å². The molecule has 1 amide bonds. The van der Waals surface area contributed by atoms with Crippen molar-refractivity contribution in [3.8, 4) is 23.5 Å².